The lowest BCUT2D eigenvalue weighted by atomic mass is 9.79. The topological polar surface area (TPSA) is 38.3 Å². The van der Waals surface area contributed by atoms with Gasteiger partial charge in [-0.25, -0.2) is 0 Å². The van der Waals surface area contributed by atoms with Crippen LogP contribution in [-0.2, 0) is 9.53 Å². The van der Waals surface area contributed by atoms with E-state index >= 15 is 0 Å². The van der Waals surface area contributed by atoms with Crippen LogP contribution in [0, 0.1) is 5.92 Å². The van der Waals surface area contributed by atoms with Gasteiger partial charge >= 0.3 is 0 Å². The van der Waals surface area contributed by atoms with Crippen LogP contribution in [0.3, 0.4) is 0 Å². The van der Waals surface area contributed by atoms with Gasteiger partial charge < -0.3 is 10.1 Å². The van der Waals surface area contributed by atoms with Gasteiger partial charge in [-0.2, -0.15) is 0 Å². The molecule has 2 rings (SSSR count). The molecule has 0 amide bonds. The maximum atomic E-state index is 12.3. The number of nitrogens with one attached hydrogen (secondary N) is 1. The van der Waals surface area contributed by atoms with Gasteiger partial charge in [-0.05, 0) is 45.6 Å². The summed E-state index contributed by atoms with van der Waals surface area (Å²) in [4.78, 5) is 12.3. The van der Waals surface area contributed by atoms with Crippen molar-refractivity contribution >= 4 is 5.78 Å². The number of rotatable bonds is 2. The Labute approximate surface area is 91.6 Å². The van der Waals surface area contributed by atoms with Crippen molar-refractivity contribution in [3.8, 4) is 0 Å². The molecule has 0 aromatic carbocycles. The smallest absolute Gasteiger partial charge is 0.157 e. The fraction of sp³-hybridized carbons (Fsp3) is 0.917. The van der Waals surface area contributed by atoms with E-state index in [2.05, 4.69) is 12.2 Å². The summed E-state index contributed by atoms with van der Waals surface area (Å²) in [5.41, 5.74) is -0.274. The number of ketones is 1. The molecule has 3 heteroatoms. The molecule has 0 aromatic heterocycles. The van der Waals surface area contributed by atoms with Crippen molar-refractivity contribution < 1.29 is 9.53 Å². The van der Waals surface area contributed by atoms with Crippen LogP contribution in [0.25, 0.3) is 0 Å². The molecule has 0 spiro atoms. The largest absolute Gasteiger partial charge is 0.381 e. The Balaban J connectivity index is 1.98. The minimum Gasteiger partial charge on any atom is -0.381 e. The van der Waals surface area contributed by atoms with E-state index in [1.54, 1.807) is 0 Å². The third kappa shape index (κ3) is 2.40. The summed E-state index contributed by atoms with van der Waals surface area (Å²) < 4.78 is 5.39. The number of carbonyl (C=O) groups excluding carboxylic acids is 1. The van der Waals surface area contributed by atoms with Crippen molar-refractivity contribution in [3.63, 3.8) is 0 Å². The Hall–Kier alpha value is -0.410. The Morgan fingerprint density at radius 3 is 2.87 bits per heavy atom. The zero-order chi connectivity index (χ0) is 10.7. The molecular weight excluding hydrogens is 190 g/mol. The number of hydrogen-bond donors (Lipinski definition) is 1. The van der Waals surface area contributed by atoms with Crippen molar-refractivity contribution in [2.45, 2.75) is 44.6 Å². The van der Waals surface area contributed by atoms with Gasteiger partial charge in [0, 0.05) is 12.5 Å². The van der Waals surface area contributed by atoms with E-state index in [4.69, 9.17) is 4.74 Å². The van der Waals surface area contributed by atoms with Gasteiger partial charge in [0.1, 0.15) is 0 Å². The molecule has 2 aliphatic heterocycles. The second-order valence-corrected chi connectivity index (χ2v) is 4.99. The highest BCUT2D eigenvalue weighted by Gasteiger charge is 2.38. The van der Waals surface area contributed by atoms with E-state index in [0.717, 1.165) is 32.4 Å². The number of hydrogen-bond acceptors (Lipinski definition) is 3. The minimum atomic E-state index is -0.274. The standard InChI is InChI=1S/C12H21NO2/c1-12(6-2-3-7-13-12)11(14)10-5-4-8-15-9-10/h10,13H,2-9H2,1H3. The molecule has 0 saturated carbocycles. The highest BCUT2D eigenvalue weighted by atomic mass is 16.5. The van der Waals surface area contributed by atoms with Gasteiger partial charge in [0.15, 0.2) is 5.78 Å². The minimum absolute atomic E-state index is 0.134. The Morgan fingerprint density at radius 2 is 2.27 bits per heavy atom. The zero-order valence-corrected chi connectivity index (χ0v) is 9.55. The summed E-state index contributed by atoms with van der Waals surface area (Å²) in [6.45, 7) is 4.50. The first-order valence-corrected chi connectivity index (χ1v) is 6.09. The van der Waals surface area contributed by atoms with Gasteiger partial charge in [0.05, 0.1) is 12.1 Å². The predicted molar refractivity (Wildman–Crippen MR) is 58.8 cm³/mol. The number of carbonyl (C=O) groups is 1. The lowest BCUT2D eigenvalue weighted by Gasteiger charge is -2.37. The molecule has 0 bridgehead atoms. The van der Waals surface area contributed by atoms with E-state index in [-0.39, 0.29) is 11.5 Å². The van der Waals surface area contributed by atoms with Crippen LogP contribution in [0.4, 0.5) is 0 Å². The summed E-state index contributed by atoms with van der Waals surface area (Å²) in [6, 6.07) is 0. The van der Waals surface area contributed by atoms with Gasteiger partial charge in [-0.3, -0.25) is 4.79 Å². The highest BCUT2D eigenvalue weighted by Crippen LogP contribution is 2.26. The first-order chi connectivity index (χ1) is 7.22. The Kier molecular flexibility index (Phi) is 3.42. The maximum Gasteiger partial charge on any atom is 0.157 e. The van der Waals surface area contributed by atoms with E-state index in [9.17, 15) is 4.79 Å². The number of piperidine rings is 1. The van der Waals surface area contributed by atoms with Crippen LogP contribution in [0.1, 0.15) is 39.0 Å². The molecule has 1 N–H and O–H groups in total. The second-order valence-electron chi connectivity index (χ2n) is 4.99. The molecule has 2 atom stereocenters. The monoisotopic (exact) mass is 211 g/mol. The Bertz CT molecular complexity index is 228. The van der Waals surface area contributed by atoms with Crippen molar-refractivity contribution in [3.05, 3.63) is 0 Å². The third-order valence-electron chi connectivity index (χ3n) is 3.69. The molecule has 2 aliphatic rings. The molecule has 2 heterocycles. The van der Waals surface area contributed by atoms with E-state index in [1.165, 1.54) is 12.8 Å². The molecular formula is C12H21NO2. The molecule has 2 unspecified atom stereocenters. The zero-order valence-electron chi connectivity index (χ0n) is 9.55. The fourth-order valence-electron chi connectivity index (χ4n) is 2.66. The molecule has 3 nitrogen and oxygen atoms in total. The lowest BCUT2D eigenvalue weighted by Crippen LogP contribution is -2.55. The van der Waals surface area contributed by atoms with Crippen LogP contribution in [0.5, 0.6) is 0 Å². The molecule has 0 aliphatic carbocycles. The number of Topliss-reactive ketones (excluding diaryl/α,β-unsaturated/α-hetero) is 1. The van der Waals surface area contributed by atoms with Gasteiger partial charge in [0.2, 0.25) is 0 Å². The fourth-order valence-corrected chi connectivity index (χ4v) is 2.66. The SMILES string of the molecule is CC1(C(=O)C2CCCOC2)CCCCN1. The quantitative estimate of drug-likeness (QED) is 0.752. The van der Waals surface area contributed by atoms with Crippen LogP contribution in [0.15, 0.2) is 0 Å². The normalized spacial score (nSPS) is 37.5. The molecule has 0 aromatic rings. The van der Waals surface area contributed by atoms with E-state index < -0.39 is 0 Å². The van der Waals surface area contributed by atoms with Crippen LogP contribution in [0.2, 0.25) is 0 Å². The summed E-state index contributed by atoms with van der Waals surface area (Å²) in [5.74, 6) is 0.510. The van der Waals surface area contributed by atoms with Crippen molar-refractivity contribution in [2.75, 3.05) is 19.8 Å². The van der Waals surface area contributed by atoms with Crippen LogP contribution in [-0.4, -0.2) is 31.1 Å². The maximum absolute atomic E-state index is 12.3. The third-order valence-corrected chi connectivity index (χ3v) is 3.69. The Morgan fingerprint density at radius 1 is 1.40 bits per heavy atom. The summed E-state index contributed by atoms with van der Waals surface area (Å²) in [5, 5.41) is 3.39. The molecule has 2 fully saturated rings. The van der Waals surface area contributed by atoms with Gasteiger partial charge in [0.25, 0.3) is 0 Å². The van der Waals surface area contributed by atoms with E-state index in [0.29, 0.717) is 12.4 Å². The van der Waals surface area contributed by atoms with Crippen molar-refractivity contribution in [2.24, 2.45) is 5.92 Å². The highest BCUT2D eigenvalue weighted by molar-refractivity contribution is 5.90. The van der Waals surface area contributed by atoms with Crippen LogP contribution >= 0.6 is 0 Å². The molecule has 2 saturated heterocycles. The average molecular weight is 211 g/mol. The first kappa shape index (κ1) is 11.1. The van der Waals surface area contributed by atoms with Crippen molar-refractivity contribution in [1.29, 1.82) is 0 Å². The lowest BCUT2D eigenvalue weighted by molar-refractivity contribution is -0.133. The molecule has 86 valence electrons. The van der Waals surface area contributed by atoms with Crippen molar-refractivity contribution in [1.82, 2.24) is 5.32 Å². The molecule has 15 heavy (non-hydrogen) atoms. The van der Waals surface area contributed by atoms with Gasteiger partial charge in [-0.1, -0.05) is 0 Å². The van der Waals surface area contributed by atoms with Gasteiger partial charge in [-0.15, -0.1) is 0 Å². The second kappa shape index (κ2) is 4.62. The summed E-state index contributed by atoms with van der Waals surface area (Å²) in [7, 11) is 0. The number of ether oxygens (including phenoxy) is 1. The predicted octanol–water partition coefficient (Wildman–Crippen LogP) is 1.51. The van der Waals surface area contributed by atoms with Crippen LogP contribution < -0.4 is 5.32 Å². The average Bonchev–Trinajstić information content (AvgIpc) is 2.30. The summed E-state index contributed by atoms with van der Waals surface area (Å²) >= 11 is 0. The summed E-state index contributed by atoms with van der Waals surface area (Å²) in [6.07, 6.45) is 5.40. The molecule has 0 radical (unpaired) electrons. The van der Waals surface area contributed by atoms with E-state index in [1.807, 2.05) is 0 Å². The first-order valence-electron chi connectivity index (χ1n) is 6.09.